The van der Waals surface area contributed by atoms with Gasteiger partial charge in [-0.1, -0.05) is 13.8 Å². The van der Waals surface area contributed by atoms with Gasteiger partial charge in [-0.3, -0.25) is 19.2 Å². The molecule has 1 rings (SSSR count). The second-order valence-corrected chi connectivity index (χ2v) is 5.87. The van der Waals surface area contributed by atoms with Gasteiger partial charge in [0.15, 0.2) is 0 Å². The summed E-state index contributed by atoms with van der Waals surface area (Å²) < 4.78 is 4.43. The van der Waals surface area contributed by atoms with Crippen LogP contribution in [0.25, 0.3) is 0 Å². The number of rotatable bonds is 8. The number of anilines is 1. The summed E-state index contributed by atoms with van der Waals surface area (Å²) in [5, 5.41) is 7.46. The monoisotopic (exact) mass is 364 g/mol. The second-order valence-electron chi connectivity index (χ2n) is 5.87. The molecular weight excluding hydrogens is 340 g/mol. The number of nitrogens with two attached hydrogens (primary N) is 1. The van der Waals surface area contributed by atoms with Crippen molar-refractivity contribution >= 4 is 29.4 Å². The first-order valence-electron chi connectivity index (χ1n) is 8.02. The van der Waals surface area contributed by atoms with Crippen LogP contribution in [0.1, 0.15) is 24.2 Å². The van der Waals surface area contributed by atoms with Crippen molar-refractivity contribution < 1.29 is 23.9 Å². The van der Waals surface area contributed by atoms with Gasteiger partial charge in [0, 0.05) is 11.3 Å². The Hall–Kier alpha value is -2.94. The van der Waals surface area contributed by atoms with Gasteiger partial charge >= 0.3 is 5.97 Å². The number of carbonyl (C=O) groups is 4. The van der Waals surface area contributed by atoms with E-state index in [-0.39, 0.29) is 19.0 Å². The molecule has 0 radical (unpaired) electrons. The van der Waals surface area contributed by atoms with E-state index in [4.69, 9.17) is 5.73 Å². The lowest BCUT2D eigenvalue weighted by molar-refractivity contribution is -0.139. The van der Waals surface area contributed by atoms with Crippen LogP contribution in [0.3, 0.4) is 0 Å². The summed E-state index contributed by atoms with van der Waals surface area (Å²) >= 11 is 0. The molecule has 0 spiro atoms. The largest absolute Gasteiger partial charge is 0.468 e. The van der Waals surface area contributed by atoms with E-state index >= 15 is 0 Å². The van der Waals surface area contributed by atoms with E-state index in [0.29, 0.717) is 11.3 Å². The number of hydrogen-bond acceptors (Lipinski definition) is 6. The maximum absolute atomic E-state index is 11.8. The zero-order valence-electron chi connectivity index (χ0n) is 15.0. The Morgan fingerprint density at radius 1 is 1.04 bits per heavy atom. The molecule has 0 unspecified atom stereocenters. The fourth-order valence-electron chi connectivity index (χ4n) is 1.82. The Balaban J connectivity index is 2.48. The van der Waals surface area contributed by atoms with Crippen LogP contribution < -0.4 is 21.7 Å². The molecular formula is C17H24N4O5. The van der Waals surface area contributed by atoms with Crippen molar-refractivity contribution in [2.75, 3.05) is 25.5 Å². The SMILES string of the molecule is COC(=O)CNC(=O)c1ccc(NC(=O)CNC(=O)[C@@H](N)C(C)C)cc1. The minimum absolute atomic E-state index is 0.0315. The van der Waals surface area contributed by atoms with E-state index in [2.05, 4.69) is 20.7 Å². The summed E-state index contributed by atoms with van der Waals surface area (Å²) in [6, 6.07) is 5.38. The minimum atomic E-state index is -0.675. The Bertz CT molecular complexity index is 658. The van der Waals surface area contributed by atoms with Crippen molar-refractivity contribution in [2.24, 2.45) is 11.7 Å². The molecule has 1 atom stereocenters. The number of carbonyl (C=O) groups excluding carboxylic acids is 4. The van der Waals surface area contributed by atoms with Gasteiger partial charge in [-0.2, -0.15) is 0 Å². The van der Waals surface area contributed by atoms with Gasteiger partial charge in [0.25, 0.3) is 5.91 Å². The molecule has 9 heteroatoms. The maximum atomic E-state index is 11.8. The summed E-state index contributed by atoms with van der Waals surface area (Å²) in [7, 11) is 1.23. The minimum Gasteiger partial charge on any atom is -0.468 e. The van der Waals surface area contributed by atoms with Crippen molar-refractivity contribution in [3.63, 3.8) is 0 Å². The van der Waals surface area contributed by atoms with E-state index < -0.39 is 29.7 Å². The number of nitrogens with one attached hydrogen (secondary N) is 3. The Labute approximate surface area is 151 Å². The number of esters is 1. The average molecular weight is 364 g/mol. The Kier molecular flexibility index (Phi) is 8.23. The van der Waals surface area contributed by atoms with Crippen molar-refractivity contribution in [3.05, 3.63) is 29.8 Å². The first-order chi connectivity index (χ1) is 12.2. The van der Waals surface area contributed by atoms with E-state index in [1.54, 1.807) is 0 Å². The first-order valence-corrected chi connectivity index (χ1v) is 8.02. The average Bonchev–Trinajstić information content (AvgIpc) is 2.63. The molecule has 0 aliphatic rings. The summed E-state index contributed by atoms with van der Waals surface area (Å²) in [4.78, 5) is 46.4. The summed E-state index contributed by atoms with van der Waals surface area (Å²) in [6.07, 6.45) is 0. The van der Waals surface area contributed by atoms with Crippen molar-refractivity contribution in [1.29, 1.82) is 0 Å². The molecule has 0 saturated heterocycles. The van der Waals surface area contributed by atoms with Gasteiger partial charge in [-0.15, -0.1) is 0 Å². The van der Waals surface area contributed by atoms with Gasteiger partial charge in [0.05, 0.1) is 19.7 Å². The summed E-state index contributed by atoms with van der Waals surface area (Å²) in [5.74, 6) is -1.84. The van der Waals surface area contributed by atoms with Crippen molar-refractivity contribution in [2.45, 2.75) is 19.9 Å². The predicted octanol–water partition coefficient (Wildman–Crippen LogP) is -0.373. The standard InChI is InChI=1S/C17H24N4O5/c1-10(2)15(18)17(25)19-8-13(22)21-12-6-4-11(5-7-12)16(24)20-9-14(23)26-3/h4-7,10,15H,8-9,18H2,1-3H3,(H,19,25)(H,20,24)(H,21,22)/t15-/m0/s1. The highest BCUT2D eigenvalue weighted by Gasteiger charge is 2.17. The lowest BCUT2D eigenvalue weighted by Crippen LogP contribution is -2.46. The lowest BCUT2D eigenvalue weighted by Gasteiger charge is -2.15. The molecule has 1 aromatic rings. The van der Waals surface area contributed by atoms with Crippen LogP contribution >= 0.6 is 0 Å². The molecule has 0 bridgehead atoms. The van der Waals surface area contributed by atoms with Crippen LogP contribution in [-0.2, 0) is 19.1 Å². The quantitative estimate of drug-likeness (QED) is 0.464. The van der Waals surface area contributed by atoms with Crippen LogP contribution in [0, 0.1) is 5.92 Å². The molecule has 0 aliphatic heterocycles. The normalized spacial score (nSPS) is 11.4. The van der Waals surface area contributed by atoms with Crippen molar-refractivity contribution in [1.82, 2.24) is 10.6 Å². The van der Waals surface area contributed by atoms with Gasteiger partial charge in [0.1, 0.15) is 6.54 Å². The van der Waals surface area contributed by atoms with Crippen LogP contribution in [0.2, 0.25) is 0 Å². The topological polar surface area (TPSA) is 140 Å². The molecule has 0 aromatic heterocycles. The molecule has 0 aliphatic carbocycles. The molecule has 142 valence electrons. The smallest absolute Gasteiger partial charge is 0.325 e. The Morgan fingerprint density at radius 3 is 2.19 bits per heavy atom. The van der Waals surface area contributed by atoms with Crippen LogP contribution in [-0.4, -0.2) is 49.9 Å². The van der Waals surface area contributed by atoms with Crippen LogP contribution in [0.4, 0.5) is 5.69 Å². The number of methoxy groups -OCH3 is 1. The molecule has 0 heterocycles. The third-order valence-corrected chi connectivity index (χ3v) is 3.50. The van der Waals surface area contributed by atoms with Gasteiger partial charge in [0.2, 0.25) is 11.8 Å². The fraction of sp³-hybridized carbons (Fsp3) is 0.412. The lowest BCUT2D eigenvalue weighted by atomic mass is 10.1. The van der Waals surface area contributed by atoms with Crippen LogP contribution in [0.5, 0.6) is 0 Å². The highest BCUT2D eigenvalue weighted by molar-refractivity contribution is 5.98. The predicted molar refractivity (Wildman–Crippen MR) is 95.2 cm³/mol. The zero-order valence-corrected chi connectivity index (χ0v) is 15.0. The van der Waals surface area contributed by atoms with E-state index in [1.807, 2.05) is 13.8 Å². The van der Waals surface area contributed by atoms with Crippen molar-refractivity contribution in [3.8, 4) is 0 Å². The number of benzene rings is 1. The highest BCUT2D eigenvalue weighted by Crippen LogP contribution is 2.09. The number of hydrogen-bond donors (Lipinski definition) is 4. The van der Waals surface area contributed by atoms with E-state index in [1.165, 1.54) is 31.4 Å². The van der Waals surface area contributed by atoms with Gasteiger partial charge in [-0.25, -0.2) is 0 Å². The van der Waals surface area contributed by atoms with Gasteiger partial charge in [-0.05, 0) is 30.2 Å². The molecule has 1 aromatic carbocycles. The summed E-state index contributed by atoms with van der Waals surface area (Å²) in [5.41, 5.74) is 6.47. The highest BCUT2D eigenvalue weighted by atomic mass is 16.5. The fourth-order valence-corrected chi connectivity index (χ4v) is 1.82. The Morgan fingerprint density at radius 2 is 1.65 bits per heavy atom. The molecule has 26 heavy (non-hydrogen) atoms. The zero-order chi connectivity index (χ0) is 19.7. The van der Waals surface area contributed by atoms with E-state index in [9.17, 15) is 19.2 Å². The first kappa shape index (κ1) is 21.1. The maximum Gasteiger partial charge on any atom is 0.325 e. The molecule has 9 nitrogen and oxygen atoms in total. The third kappa shape index (κ3) is 6.89. The number of amides is 3. The van der Waals surface area contributed by atoms with E-state index in [0.717, 1.165) is 0 Å². The second kappa shape index (κ2) is 10.1. The summed E-state index contributed by atoms with van der Waals surface area (Å²) in [6.45, 7) is 3.19. The third-order valence-electron chi connectivity index (χ3n) is 3.50. The molecule has 0 fully saturated rings. The molecule has 5 N–H and O–H groups in total. The van der Waals surface area contributed by atoms with Gasteiger partial charge < -0.3 is 26.4 Å². The molecule has 0 saturated carbocycles. The number of ether oxygens (including phenoxy) is 1. The molecule has 3 amide bonds. The van der Waals surface area contributed by atoms with Crippen LogP contribution in [0.15, 0.2) is 24.3 Å².